The number of anilines is 3. The standard InChI is InChI=1S/C35H44Cl2N6O3Si/c1-24-21-31(43-17-16-32(40-43)42-19-18-41(34(42)44)23-25-10-13-27(45-5)14-11-25)28(9-8-20-46-47(6,7)35(2,3)4)33(38-24)39-30-15-12-26(36)22-29(30)37/h10-17,21-22H,8-9,18-20,23H2,1-7H3,(H,38,39). The van der Waals surface area contributed by atoms with E-state index in [4.69, 9.17) is 42.4 Å². The summed E-state index contributed by atoms with van der Waals surface area (Å²) in [5, 5.41) is 9.55. The molecule has 0 aliphatic carbocycles. The van der Waals surface area contributed by atoms with Gasteiger partial charge in [-0.2, -0.15) is 0 Å². The van der Waals surface area contributed by atoms with Crippen LogP contribution in [-0.4, -0.2) is 60.8 Å². The molecule has 9 nitrogen and oxygen atoms in total. The van der Waals surface area contributed by atoms with Crippen LogP contribution in [0.4, 0.5) is 22.1 Å². The maximum Gasteiger partial charge on any atom is 0.326 e. The van der Waals surface area contributed by atoms with E-state index < -0.39 is 8.32 Å². The lowest BCUT2D eigenvalue weighted by molar-refractivity contribution is 0.218. The smallest absolute Gasteiger partial charge is 0.326 e. The lowest BCUT2D eigenvalue weighted by Crippen LogP contribution is -2.41. The van der Waals surface area contributed by atoms with Crippen LogP contribution in [0.25, 0.3) is 5.69 Å². The predicted octanol–water partition coefficient (Wildman–Crippen LogP) is 9.03. The van der Waals surface area contributed by atoms with Gasteiger partial charge in [0.05, 0.1) is 23.5 Å². The van der Waals surface area contributed by atoms with Crippen molar-refractivity contribution in [2.75, 3.05) is 37.0 Å². The Bertz CT molecular complexity index is 1720. The Kier molecular flexibility index (Phi) is 10.6. The zero-order valence-corrected chi connectivity index (χ0v) is 30.7. The van der Waals surface area contributed by atoms with Gasteiger partial charge in [-0.25, -0.2) is 14.5 Å². The molecule has 0 unspecified atom stereocenters. The Morgan fingerprint density at radius 3 is 2.45 bits per heavy atom. The van der Waals surface area contributed by atoms with E-state index >= 15 is 0 Å². The van der Waals surface area contributed by atoms with Crippen molar-refractivity contribution in [3.8, 4) is 11.4 Å². The van der Waals surface area contributed by atoms with Crippen molar-refractivity contribution in [3.63, 3.8) is 0 Å². The minimum atomic E-state index is -1.90. The Balaban J connectivity index is 1.40. The van der Waals surface area contributed by atoms with Gasteiger partial charge in [-0.3, -0.25) is 4.90 Å². The van der Waals surface area contributed by atoms with Crippen LogP contribution < -0.4 is 15.0 Å². The summed E-state index contributed by atoms with van der Waals surface area (Å²) in [6.07, 6.45) is 3.39. The largest absolute Gasteiger partial charge is 0.497 e. The fourth-order valence-corrected chi connectivity index (χ4v) is 6.78. The summed E-state index contributed by atoms with van der Waals surface area (Å²) < 4.78 is 13.6. The summed E-state index contributed by atoms with van der Waals surface area (Å²) in [4.78, 5) is 21.9. The fourth-order valence-electron chi connectivity index (χ4n) is 5.23. The van der Waals surface area contributed by atoms with Crippen LogP contribution >= 0.6 is 23.2 Å². The molecule has 1 aliphatic rings. The summed E-state index contributed by atoms with van der Waals surface area (Å²) >= 11 is 12.7. The van der Waals surface area contributed by atoms with E-state index in [0.29, 0.717) is 60.0 Å². The third-order valence-corrected chi connectivity index (χ3v) is 14.1. The van der Waals surface area contributed by atoms with Gasteiger partial charge in [0, 0.05) is 54.8 Å². The second kappa shape index (κ2) is 14.3. The number of aromatic nitrogens is 3. The van der Waals surface area contributed by atoms with Crippen LogP contribution in [-0.2, 0) is 17.4 Å². The summed E-state index contributed by atoms with van der Waals surface area (Å²) in [6, 6.07) is 17.0. The highest BCUT2D eigenvalue weighted by Gasteiger charge is 2.37. The molecule has 1 fully saturated rings. The molecule has 5 rings (SSSR count). The van der Waals surface area contributed by atoms with E-state index in [0.717, 1.165) is 34.7 Å². The second-order valence-corrected chi connectivity index (χ2v) is 19.0. The zero-order valence-electron chi connectivity index (χ0n) is 28.2. The number of amides is 2. The van der Waals surface area contributed by atoms with E-state index in [2.05, 4.69) is 39.2 Å². The molecule has 250 valence electrons. The van der Waals surface area contributed by atoms with Gasteiger partial charge in [0.2, 0.25) is 0 Å². The number of nitrogens with zero attached hydrogens (tertiary/aromatic N) is 5. The molecule has 1 saturated heterocycles. The van der Waals surface area contributed by atoms with Crippen molar-refractivity contribution in [2.45, 2.75) is 65.2 Å². The van der Waals surface area contributed by atoms with Crippen LogP contribution in [0, 0.1) is 6.92 Å². The monoisotopic (exact) mass is 694 g/mol. The molecule has 1 N–H and O–H groups in total. The molecule has 47 heavy (non-hydrogen) atoms. The van der Waals surface area contributed by atoms with E-state index in [1.54, 1.807) is 24.1 Å². The van der Waals surface area contributed by atoms with Gasteiger partial charge in [0.1, 0.15) is 11.6 Å². The normalized spacial score (nSPS) is 13.9. The number of nitrogens with one attached hydrogen (secondary N) is 1. The number of benzene rings is 2. The van der Waals surface area contributed by atoms with Crippen LogP contribution in [0.3, 0.4) is 0 Å². The van der Waals surface area contributed by atoms with Gasteiger partial charge in [-0.1, -0.05) is 56.1 Å². The first-order valence-corrected chi connectivity index (χ1v) is 19.5. The molecular weight excluding hydrogens is 651 g/mol. The Morgan fingerprint density at radius 2 is 1.77 bits per heavy atom. The predicted molar refractivity (Wildman–Crippen MR) is 193 cm³/mol. The van der Waals surface area contributed by atoms with Crippen molar-refractivity contribution < 1.29 is 14.0 Å². The Hall–Kier alpha value is -3.57. The number of hydrogen-bond acceptors (Lipinski definition) is 6. The summed E-state index contributed by atoms with van der Waals surface area (Å²) in [6.45, 7) is 15.6. The molecular formula is C35H44Cl2N6O3Si. The molecule has 2 amide bonds. The maximum absolute atomic E-state index is 13.5. The summed E-state index contributed by atoms with van der Waals surface area (Å²) in [5.41, 5.74) is 4.42. The number of carbonyl (C=O) groups is 1. The summed E-state index contributed by atoms with van der Waals surface area (Å²) in [5.74, 6) is 2.08. The number of urea groups is 1. The van der Waals surface area contributed by atoms with E-state index in [1.165, 1.54) is 0 Å². The van der Waals surface area contributed by atoms with Gasteiger partial charge in [-0.05, 0) is 79.9 Å². The van der Waals surface area contributed by atoms with Gasteiger partial charge < -0.3 is 19.4 Å². The number of carbonyl (C=O) groups excluding carboxylic acids is 1. The van der Waals surface area contributed by atoms with Gasteiger partial charge in [0.25, 0.3) is 0 Å². The topological polar surface area (TPSA) is 84.8 Å². The van der Waals surface area contributed by atoms with Crippen LogP contribution in [0.15, 0.2) is 60.8 Å². The average Bonchev–Trinajstić information content (AvgIpc) is 3.64. The Morgan fingerprint density at radius 1 is 1.02 bits per heavy atom. The number of ether oxygens (including phenoxy) is 1. The van der Waals surface area contributed by atoms with Crippen molar-refractivity contribution in [2.24, 2.45) is 0 Å². The van der Waals surface area contributed by atoms with Crippen LogP contribution in [0.2, 0.25) is 28.2 Å². The lowest BCUT2D eigenvalue weighted by Gasteiger charge is -2.36. The van der Waals surface area contributed by atoms with Crippen LogP contribution in [0.1, 0.15) is 44.0 Å². The zero-order chi connectivity index (χ0) is 33.9. The van der Waals surface area contributed by atoms with Gasteiger partial charge in [0.15, 0.2) is 14.1 Å². The molecule has 0 bridgehead atoms. The minimum absolute atomic E-state index is 0.0697. The van der Waals surface area contributed by atoms with Gasteiger partial charge in [-0.15, -0.1) is 5.10 Å². The highest BCUT2D eigenvalue weighted by Crippen LogP contribution is 2.37. The number of methoxy groups -OCH3 is 1. The maximum atomic E-state index is 13.5. The third-order valence-electron chi connectivity index (χ3n) is 8.98. The first-order chi connectivity index (χ1) is 22.3. The van der Waals surface area contributed by atoms with E-state index in [9.17, 15) is 4.79 Å². The number of halogens is 2. The second-order valence-electron chi connectivity index (χ2n) is 13.4. The quantitative estimate of drug-likeness (QED) is 0.118. The first kappa shape index (κ1) is 34.8. The number of hydrogen-bond donors (Lipinski definition) is 1. The average molecular weight is 696 g/mol. The molecule has 2 aromatic heterocycles. The molecule has 3 heterocycles. The van der Waals surface area contributed by atoms with Crippen molar-refractivity contribution >= 4 is 54.9 Å². The minimum Gasteiger partial charge on any atom is -0.497 e. The van der Waals surface area contributed by atoms with E-state index in [-0.39, 0.29) is 11.1 Å². The summed E-state index contributed by atoms with van der Waals surface area (Å²) in [7, 11) is -0.254. The Labute approximate surface area is 288 Å². The molecule has 4 aromatic rings. The molecule has 12 heteroatoms. The highest BCUT2D eigenvalue weighted by molar-refractivity contribution is 6.74. The van der Waals surface area contributed by atoms with Crippen LogP contribution in [0.5, 0.6) is 5.75 Å². The fraction of sp³-hybridized carbons (Fsp3) is 0.400. The van der Waals surface area contributed by atoms with E-state index in [1.807, 2.05) is 65.2 Å². The molecule has 0 atom stereocenters. The van der Waals surface area contributed by atoms with Crippen molar-refractivity contribution in [1.29, 1.82) is 0 Å². The molecule has 1 aliphatic heterocycles. The molecule has 0 saturated carbocycles. The van der Waals surface area contributed by atoms with Gasteiger partial charge >= 0.3 is 6.03 Å². The lowest BCUT2D eigenvalue weighted by atomic mass is 10.1. The highest BCUT2D eigenvalue weighted by atomic mass is 35.5. The van der Waals surface area contributed by atoms with Crippen molar-refractivity contribution in [3.05, 3.63) is 87.7 Å². The number of rotatable bonds is 12. The number of aryl methyl sites for hydroxylation is 1. The first-order valence-electron chi connectivity index (χ1n) is 15.9. The molecule has 0 radical (unpaired) electrons. The molecule has 2 aromatic carbocycles. The SMILES string of the molecule is COc1ccc(CN2CCN(c3ccn(-c4cc(C)nc(Nc5ccc(Cl)cc5Cl)c4CCCO[Si](C)(C)C(C)(C)C)n3)C2=O)cc1. The number of pyridine rings is 1. The van der Waals surface area contributed by atoms with Crippen molar-refractivity contribution in [1.82, 2.24) is 19.7 Å². The molecule has 0 spiro atoms. The third kappa shape index (κ3) is 8.12.